The average molecular weight is 246 g/mol. The first-order valence-electron chi connectivity index (χ1n) is 6.91. The number of hydrogen-bond acceptors (Lipinski definition) is 3. The van der Waals surface area contributed by atoms with E-state index in [1.807, 2.05) is 0 Å². The maximum absolute atomic E-state index is 12.4. The Labute approximate surface area is 106 Å². The van der Waals surface area contributed by atoms with Gasteiger partial charge in [0.25, 0.3) is 0 Å². The fourth-order valence-corrected chi connectivity index (χ4v) is 4.22. The smallest absolute Gasteiger partial charge is 0.233 e. The average Bonchev–Trinajstić information content (AvgIpc) is 2.96. The molecule has 2 bridgehead atoms. The third-order valence-corrected chi connectivity index (χ3v) is 5.38. The highest BCUT2D eigenvalue weighted by atomic mass is 16.2. The Morgan fingerprint density at radius 2 is 1.72 bits per heavy atom. The molecule has 4 unspecified atom stereocenters. The molecule has 3 fully saturated rings. The molecule has 18 heavy (non-hydrogen) atoms. The quantitative estimate of drug-likeness (QED) is 0.575. The van der Waals surface area contributed by atoms with Crippen LogP contribution in [0.5, 0.6) is 0 Å². The first-order valence-corrected chi connectivity index (χ1v) is 6.91. The molecule has 3 aliphatic carbocycles. The summed E-state index contributed by atoms with van der Waals surface area (Å²) in [5.41, 5.74) is 5.89. The summed E-state index contributed by atoms with van der Waals surface area (Å²) in [5, 5.41) is 0. The maximum Gasteiger partial charge on any atom is 0.233 e. The molecule has 4 heteroatoms. The van der Waals surface area contributed by atoms with Gasteiger partial charge in [-0.15, -0.1) is 0 Å². The van der Waals surface area contributed by atoms with Gasteiger partial charge in [-0.3, -0.25) is 14.5 Å². The predicted octanol–water partition coefficient (Wildman–Crippen LogP) is 0.675. The van der Waals surface area contributed by atoms with Gasteiger partial charge in [-0.1, -0.05) is 12.2 Å². The number of carbonyl (C=O) groups is 2. The van der Waals surface area contributed by atoms with Crippen LogP contribution in [0.15, 0.2) is 12.2 Å². The number of carbonyl (C=O) groups excluding carboxylic acids is 2. The molecule has 96 valence electrons. The van der Waals surface area contributed by atoms with E-state index in [9.17, 15) is 9.59 Å². The Bertz CT molecular complexity index is 436. The zero-order valence-electron chi connectivity index (χ0n) is 10.3. The summed E-state index contributed by atoms with van der Waals surface area (Å²) in [6, 6.07) is 0. The maximum atomic E-state index is 12.4. The van der Waals surface area contributed by atoms with Gasteiger partial charge in [0.15, 0.2) is 0 Å². The summed E-state index contributed by atoms with van der Waals surface area (Å²) in [6.07, 6.45) is 8.24. The highest BCUT2D eigenvalue weighted by Crippen LogP contribution is 2.52. The van der Waals surface area contributed by atoms with Crippen molar-refractivity contribution in [3.63, 3.8) is 0 Å². The topological polar surface area (TPSA) is 63.4 Å². The zero-order chi connectivity index (χ0) is 12.5. The lowest BCUT2D eigenvalue weighted by molar-refractivity contribution is -0.142. The summed E-state index contributed by atoms with van der Waals surface area (Å²) in [5.74, 6) is 0.539. The van der Waals surface area contributed by atoms with Gasteiger partial charge in [0, 0.05) is 12.1 Å². The minimum absolute atomic E-state index is 0.0403. The van der Waals surface area contributed by atoms with E-state index in [0.717, 1.165) is 25.7 Å². The van der Waals surface area contributed by atoms with E-state index in [2.05, 4.69) is 12.2 Å². The number of nitrogens with two attached hydrogens (primary N) is 1. The standard InChI is InChI=1S/C14H18N2O2/c15-14(4-1-5-14)7-16-12(17)10-8-2-3-9(6-8)11(10)13(16)18/h2-3,8-11H,1,4-7,15H2. The zero-order valence-corrected chi connectivity index (χ0v) is 10.3. The Kier molecular flexibility index (Phi) is 1.93. The molecule has 2 saturated carbocycles. The molecule has 4 aliphatic rings. The van der Waals surface area contributed by atoms with Gasteiger partial charge < -0.3 is 5.73 Å². The van der Waals surface area contributed by atoms with Gasteiger partial charge in [-0.25, -0.2) is 0 Å². The van der Waals surface area contributed by atoms with Crippen LogP contribution in [0.3, 0.4) is 0 Å². The van der Waals surface area contributed by atoms with Crippen LogP contribution in [-0.2, 0) is 9.59 Å². The minimum atomic E-state index is -0.295. The van der Waals surface area contributed by atoms with Gasteiger partial charge in [0.05, 0.1) is 11.8 Å². The normalized spacial score (nSPS) is 43.5. The van der Waals surface area contributed by atoms with Gasteiger partial charge in [-0.2, -0.15) is 0 Å². The monoisotopic (exact) mass is 246 g/mol. The van der Waals surface area contributed by atoms with Gasteiger partial charge >= 0.3 is 0 Å². The van der Waals surface area contributed by atoms with Crippen LogP contribution >= 0.6 is 0 Å². The van der Waals surface area contributed by atoms with Gasteiger partial charge in [0.1, 0.15) is 0 Å². The molecule has 0 aromatic heterocycles. The van der Waals surface area contributed by atoms with E-state index >= 15 is 0 Å². The number of fused-ring (bicyclic) bond motifs is 5. The van der Waals surface area contributed by atoms with E-state index in [4.69, 9.17) is 5.73 Å². The lowest BCUT2D eigenvalue weighted by atomic mass is 9.77. The Morgan fingerprint density at radius 1 is 1.17 bits per heavy atom. The van der Waals surface area contributed by atoms with Crippen molar-refractivity contribution in [2.45, 2.75) is 31.2 Å². The van der Waals surface area contributed by atoms with Gasteiger partial charge in [0.2, 0.25) is 11.8 Å². The molecule has 2 N–H and O–H groups in total. The molecule has 0 aromatic carbocycles. The highest BCUT2D eigenvalue weighted by Gasteiger charge is 2.60. The molecular weight excluding hydrogens is 228 g/mol. The second-order valence-electron chi connectivity index (χ2n) is 6.48. The van der Waals surface area contributed by atoms with Crippen LogP contribution in [0.4, 0.5) is 0 Å². The van der Waals surface area contributed by atoms with Crippen LogP contribution in [0.1, 0.15) is 25.7 Å². The van der Waals surface area contributed by atoms with Crippen molar-refractivity contribution in [3.05, 3.63) is 12.2 Å². The minimum Gasteiger partial charge on any atom is -0.324 e. The van der Waals surface area contributed by atoms with Crippen molar-refractivity contribution >= 4 is 11.8 Å². The molecule has 1 aliphatic heterocycles. The summed E-state index contributed by atoms with van der Waals surface area (Å²) in [7, 11) is 0. The predicted molar refractivity (Wildman–Crippen MR) is 65.2 cm³/mol. The van der Waals surface area contributed by atoms with Crippen LogP contribution in [0.25, 0.3) is 0 Å². The molecule has 0 aromatic rings. The first kappa shape index (κ1) is 10.7. The fraction of sp³-hybridized carbons (Fsp3) is 0.714. The molecule has 1 heterocycles. The number of allylic oxidation sites excluding steroid dienone is 2. The van der Waals surface area contributed by atoms with Crippen molar-refractivity contribution in [1.82, 2.24) is 4.90 Å². The van der Waals surface area contributed by atoms with Crippen LogP contribution in [-0.4, -0.2) is 28.8 Å². The number of hydrogen-bond donors (Lipinski definition) is 1. The Hall–Kier alpha value is -1.16. The van der Waals surface area contributed by atoms with Crippen molar-refractivity contribution in [2.24, 2.45) is 29.4 Å². The van der Waals surface area contributed by atoms with E-state index in [-0.39, 0.29) is 29.2 Å². The van der Waals surface area contributed by atoms with Crippen molar-refractivity contribution in [2.75, 3.05) is 6.54 Å². The number of amides is 2. The Balaban J connectivity index is 1.60. The molecule has 0 spiro atoms. The summed E-state index contributed by atoms with van der Waals surface area (Å²) in [6.45, 7) is 0.442. The van der Waals surface area contributed by atoms with E-state index < -0.39 is 0 Å². The molecule has 2 amide bonds. The molecule has 4 rings (SSSR count). The molecular formula is C14H18N2O2. The second kappa shape index (κ2) is 3.23. The molecule has 4 nitrogen and oxygen atoms in total. The van der Waals surface area contributed by atoms with Crippen molar-refractivity contribution in [3.8, 4) is 0 Å². The van der Waals surface area contributed by atoms with Gasteiger partial charge in [-0.05, 0) is 37.5 Å². The lowest BCUT2D eigenvalue weighted by Crippen LogP contribution is -2.56. The van der Waals surface area contributed by atoms with Crippen LogP contribution < -0.4 is 5.73 Å². The van der Waals surface area contributed by atoms with Crippen LogP contribution in [0.2, 0.25) is 0 Å². The number of nitrogens with zero attached hydrogens (tertiary/aromatic N) is 1. The lowest BCUT2D eigenvalue weighted by Gasteiger charge is -2.40. The van der Waals surface area contributed by atoms with E-state index in [0.29, 0.717) is 18.4 Å². The third-order valence-electron chi connectivity index (χ3n) is 5.38. The SMILES string of the molecule is NC1(CN2C(=O)C3C4C=CC(C4)C3C2=O)CCC1. The first-order chi connectivity index (χ1) is 8.59. The largest absolute Gasteiger partial charge is 0.324 e. The number of rotatable bonds is 2. The summed E-state index contributed by atoms with van der Waals surface area (Å²) < 4.78 is 0. The number of imide groups is 1. The third kappa shape index (κ3) is 1.19. The van der Waals surface area contributed by atoms with Crippen molar-refractivity contribution < 1.29 is 9.59 Å². The summed E-state index contributed by atoms with van der Waals surface area (Å²) in [4.78, 5) is 26.3. The molecule has 4 atom stereocenters. The van der Waals surface area contributed by atoms with E-state index in [1.54, 1.807) is 0 Å². The highest BCUT2D eigenvalue weighted by molar-refractivity contribution is 6.06. The fourth-order valence-electron chi connectivity index (χ4n) is 4.22. The second-order valence-corrected chi connectivity index (χ2v) is 6.48. The van der Waals surface area contributed by atoms with Crippen molar-refractivity contribution in [1.29, 1.82) is 0 Å². The van der Waals surface area contributed by atoms with E-state index in [1.165, 1.54) is 4.90 Å². The summed E-state index contributed by atoms with van der Waals surface area (Å²) >= 11 is 0. The molecule has 1 saturated heterocycles. The number of likely N-dealkylation sites (tertiary alicyclic amines) is 1. The Morgan fingerprint density at radius 3 is 2.17 bits per heavy atom. The molecule has 0 radical (unpaired) electrons. The van der Waals surface area contributed by atoms with Crippen LogP contribution in [0, 0.1) is 23.7 Å².